The molecular formula is C21H25ClF2O2S. The molecule has 27 heavy (non-hydrogen) atoms. The van der Waals surface area contributed by atoms with Gasteiger partial charge in [0.15, 0.2) is 17.3 Å². The van der Waals surface area contributed by atoms with Gasteiger partial charge in [0.05, 0.1) is 6.61 Å². The van der Waals surface area contributed by atoms with Gasteiger partial charge in [-0.2, -0.15) is 0 Å². The maximum atomic E-state index is 13.6. The molecule has 6 heteroatoms. The lowest BCUT2D eigenvalue weighted by molar-refractivity contribution is -0.0103. The van der Waals surface area contributed by atoms with E-state index >= 15 is 0 Å². The number of thiol groups is 1. The van der Waals surface area contributed by atoms with Crippen molar-refractivity contribution >= 4 is 24.2 Å². The Labute approximate surface area is 170 Å². The molecule has 0 spiro atoms. The molecular weight excluding hydrogens is 390 g/mol. The molecule has 1 saturated carbocycles. The van der Waals surface area contributed by atoms with Crippen molar-refractivity contribution < 1.29 is 18.6 Å². The molecule has 4 rings (SSSR count). The van der Waals surface area contributed by atoms with E-state index < -0.39 is 5.82 Å². The Balaban J connectivity index is 0.000000220. The minimum atomic E-state index is -0.426. The number of halogens is 3. The molecule has 148 valence electrons. The SMILES string of the molecule is CC.FOc1ccc(F)c2c1C1CCCCC1CO2.Sc1ccc(Cl)cc1. The summed E-state index contributed by atoms with van der Waals surface area (Å²) >= 11 is 9.65. The van der Waals surface area contributed by atoms with Crippen molar-refractivity contribution in [3.63, 3.8) is 0 Å². The van der Waals surface area contributed by atoms with E-state index in [2.05, 4.69) is 17.6 Å². The van der Waals surface area contributed by atoms with Crippen LogP contribution in [0.25, 0.3) is 0 Å². The number of ether oxygens (including phenoxy) is 1. The Bertz CT molecular complexity index is 704. The second kappa shape index (κ2) is 10.8. The largest absolute Gasteiger partial charge is 0.490 e. The normalized spacial score (nSPS) is 19.8. The van der Waals surface area contributed by atoms with Gasteiger partial charge in [0.2, 0.25) is 0 Å². The monoisotopic (exact) mass is 414 g/mol. The van der Waals surface area contributed by atoms with E-state index in [-0.39, 0.29) is 17.4 Å². The van der Waals surface area contributed by atoms with Crippen molar-refractivity contribution in [2.45, 2.75) is 50.3 Å². The first-order valence-electron chi connectivity index (χ1n) is 9.28. The predicted molar refractivity (Wildman–Crippen MR) is 108 cm³/mol. The third-order valence-electron chi connectivity index (χ3n) is 4.74. The maximum absolute atomic E-state index is 13.6. The van der Waals surface area contributed by atoms with Crippen LogP contribution in [-0.2, 0) is 0 Å². The number of hydrogen-bond donors (Lipinski definition) is 1. The van der Waals surface area contributed by atoms with Crippen molar-refractivity contribution in [3.05, 3.63) is 52.8 Å². The number of hydrogen-bond acceptors (Lipinski definition) is 3. The fourth-order valence-corrected chi connectivity index (χ4v) is 3.81. The summed E-state index contributed by atoms with van der Waals surface area (Å²) < 4.78 is 31.6. The van der Waals surface area contributed by atoms with Crippen LogP contribution < -0.4 is 9.68 Å². The fourth-order valence-electron chi connectivity index (χ4n) is 3.54. The van der Waals surface area contributed by atoms with E-state index in [1.807, 2.05) is 38.1 Å². The van der Waals surface area contributed by atoms with Crippen LogP contribution in [0.4, 0.5) is 8.92 Å². The summed E-state index contributed by atoms with van der Waals surface area (Å²) in [7, 11) is 0. The highest BCUT2D eigenvalue weighted by Gasteiger charge is 2.37. The molecule has 2 aromatic carbocycles. The van der Waals surface area contributed by atoms with Crippen LogP contribution >= 0.6 is 24.2 Å². The molecule has 1 fully saturated rings. The molecule has 0 radical (unpaired) electrons. The van der Waals surface area contributed by atoms with Crippen LogP contribution in [0.1, 0.15) is 51.0 Å². The zero-order chi connectivity index (χ0) is 19.8. The average molecular weight is 415 g/mol. The highest BCUT2D eigenvalue weighted by Crippen LogP contribution is 2.49. The van der Waals surface area contributed by atoms with Crippen LogP contribution in [0.2, 0.25) is 5.02 Å². The van der Waals surface area contributed by atoms with E-state index in [1.54, 1.807) is 0 Å². The highest BCUT2D eigenvalue weighted by atomic mass is 35.5. The minimum Gasteiger partial charge on any atom is -0.490 e. The van der Waals surface area contributed by atoms with E-state index in [1.165, 1.54) is 18.6 Å². The van der Waals surface area contributed by atoms with Crippen molar-refractivity contribution in [2.24, 2.45) is 5.92 Å². The lowest BCUT2D eigenvalue weighted by atomic mass is 9.74. The Hall–Kier alpha value is -1.46. The van der Waals surface area contributed by atoms with Gasteiger partial charge < -0.3 is 4.74 Å². The van der Waals surface area contributed by atoms with Crippen LogP contribution in [0, 0.1) is 11.7 Å². The van der Waals surface area contributed by atoms with Gasteiger partial charge in [-0.25, -0.2) is 4.39 Å². The first kappa shape index (κ1) is 21.8. The Kier molecular flexibility index (Phi) is 8.71. The lowest BCUT2D eigenvalue weighted by Gasteiger charge is -2.37. The van der Waals surface area contributed by atoms with Gasteiger partial charge >= 0.3 is 0 Å². The lowest BCUT2D eigenvalue weighted by Crippen LogP contribution is -2.29. The van der Waals surface area contributed by atoms with Crippen molar-refractivity contribution in [1.82, 2.24) is 0 Å². The molecule has 0 aromatic heterocycles. The van der Waals surface area contributed by atoms with Gasteiger partial charge in [0.25, 0.3) is 0 Å². The van der Waals surface area contributed by atoms with Gasteiger partial charge in [0.1, 0.15) is 0 Å². The Morgan fingerprint density at radius 3 is 2.37 bits per heavy atom. The van der Waals surface area contributed by atoms with Crippen molar-refractivity contribution in [3.8, 4) is 11.5 Å². The summed E-state index contributed by atoms with van der Waals surface area (Å²) in [4.78, 5) is 4.81. The number of rotatable bonds is 1. The van der Waals surface area contributed by atoms with Gasteiger partial charge in [-0.15, -0.1) is 12.6 Å². The molecule has 0 saturated heterocycles. The van der Waals surface area contributed by atoms with Gasteiger partial charge in [-0.3, -0.25) is 4.94 Å². The molecule has 2 atom stereocenters. The van der Waals surface area contributed by atoms with Crippen molar-refractivity contribution in [1.29, 1.82) is 0 Å². The topological polar surface area (TPSA) is 18.5 Å². The average Bonchev–Trinajstić information content (AvgIpc) is 2.72. The van der Waals surface area contributed by atoms with Crippen LogP contribution in [0.15, 0.2) is 41.3 Å². The summed E-state index contributed by atoms with van der Waals surface area (Å²) in [6.45, 7) is 4.53. The quantitative estimate of drug-likeness (QED) is 0.489. The zero-order valence-electron chi connectivity index (χ0n) is 15.6. The van der Waals surface area contributed by atoms with Crippen LogP contribution in [0.3, 0.4) is 0 Å². The summed E-state index contributed by atoms with van der Waals surface area (Å²) in [6, 6.07) is 9.86. The highest BCUT2D eigenvalue weighted by molar-refractivity contribution is 7.80. The third kappa shape index (κ3) is 5.52. The van der Waals surface area contributed by atoms with E-state index in [4.69, 9.17) is 16.3 Å². The van der Waals surface area contributed by atoms with Crippen LogP contribution in [-0.4, -0.2) is 6.61 Å². The zero-order valence-corrected chi connectivity index (χ0v) is 17.2. The second-order valence-electron chi connectivity index (χ2n) is 6.30. The molecule has 2 nitrogen and oxygen atoms in total. The summed E-state index contributed by atoms with van der Waals surface area (Å²) in [5.74, 6) is 0.409. The predicted octanol–water partition coefficient (Wildman–Crippen LogP) is 7.41. The molecule has 1 aliphatic carbocycles. The first-order valence-corrected chi connectivity index (χ1v) is 10.1. The van der Waals surface area contributed by atoms with Gasteiger partial charge in [-0.1, -0.05) is 38.3 Å². The van der Waals surface area contributed by atoms with E-state index in [0.29, 0.717) is 18.1 Å². The molecule has 2 aliphatic rings. The van der Waals surface area contributed by atoms with Gasteiger partial charge in [-0.05, 0) is 55.2 Å². The van der Waals surface area contributed by atoms with E-state index in [0.717, 1.165) is 29.2 Å². The van der Waals surface area contributed by atoms with Crippen molar-refractivity contribution in [2.75, 3.05) is 6.61 Å². The summed E-state index contributed by atoms with van der Waals surface area (Å²) in [5.41, 5.74) is 0.587. The maximum Gasteiger partial charge on any atom is 0.179 e. The van der Waals surface area contributed by atoms with E-state index in [9.17, 15) is 8.92 Å². The Morgan fingerprint density at radius 2 is 1.74 bits per heavy atom. The molecule has 1 aliphatic heterocycles. The molecule has 2 unspecified atom stereocenters. The number of fused-ring (bicyclic) bond motifs is 3. The number of benzene rings is 2. The minimum absolute atomic E-state index is 0.109. The summed E-state index contributed by atoms with van der Waals surface area (Å²) in [5, 5.41) is 0.753. The standard InChI is InChI=1S/C13H14F2O2.C6H5ClS.C2H6/c14-10-5-6-11(17-15)12-9-4-2-1-3-8(9)7-16-13(10)12;7-5-1-3-6(8)4-2-5;1-2/h5-6,8-9H,1-4,7H2;1-4,8H;1-2H3. The van der Waals surface area contributed by atoms with Gasteiger partial charge in [0, 0.05) is 25.9 Å². The Morgan fingerprint density at radius 1 is 1.07 bits per heavy atom. The van der Waals surface area contributed by atoms with Crippen LogP contribution in [0.5, 0.6) is 11.5 Å². The third-order valence-corrected chi connectivity index (χ3v) is 5.29. The fraction of sp³-hybridized carbons (Fsp3) is 0.429. The second-order valence-corrected chi connectivity index (χ2v) is 7.26. The molecule has 0 amide bonds. The molecule has 0 bridgehead atoms. The molecule has 1 heterocycles. The molecule has 0 N–H and O–H groups in total. The summed E-state index contributed by atoms with van der Waals surface area (Å²) in [6.07, 6.45) is 4.29. The molecule has 2 aromatic rings. The smallest absolute Gasteiger partial charge is 0.179 e. The first-order chi connectivity index (χ1) is 13.1.